The number of hydrogen-bond donors (Lipinski definition) is 2. The number of carbonyl (C=O) groups excluding carboxylic acids is 1. The van der Waals surface area contributed by atoms with E-state index in [-0.39, 0.29) is 28.6 Å². The van der Waals surface area contributed by atoms with Crippen molar-refractivity contribution in [1.82, 2.24) is 9.88 Å². The van der Waals surface area contributed by atoms with E-state index in [0.29, 0.717) is 41.3 Å². The highest BCUT2D eigenvalue weighted by molar-refractivity contribution is 5.99. The van der Waals surface area contributed by atoms with Gasteiger partial charge in [-0.3, -0.25) is 10.0 Å². The van der Waals surface area contributed by atoms with Gasteiger partial charge in [0.05, 0.1) is 40.0 Å². The van der Waals surface area contributed by atoms with Crippen molar-refractivity contribution in [3.05, 3.63) is 46.3 Å². The van der Waals surface area contributed by atoms with Crippen LogP contribution in [0.4, 0.5) is 5.69 Å². The molecule has 1 aliphatic heterocycles. The van der Waals surface area contributed by atoms with Gasteiger partial charge in [0, 0.05) is 23.2 Å². The van der Waals surface area contributed by atoms with Gasteiger partial charge < -0.3 is 39.3 Å². The molecule has 1 amide bonds. The molecule has 1 aliphatic rings. The summed E-state index contributed by atoms with van der Waals surface area (Å²) < 4.78 is 21.4. The predicted octanol–water partition coefficient (Wildman–Crippen LogP) is 3.66. The highest BCUT2D eigenvalue weighted by atomic mass is 16.8. The van der Waals surface area contributed by atoms with Crippen LogP contribution < -0.4 is 24.2 Å². The first-order valence-electron chi connectivity index (χ1n) is 10.3. The van der Waals surface area contributed by atoms with Gasteiger partial charge in [-0.25, -0.2) is 0 Å². The summed E-state index contributed by atoms with van der Waals surface area (Å²) >= 11 is 0. The number of aromatic amines is 1. The second kappa shape index (κ2) is 8.72. The van der Waals surface area contributed by atoms with Crippen LogP contribution in [0.3, 0.4) is 0 Å². The van der Waals surface area contributed by atoms with Gasteiger partial charge in [-0.05, 0) is 43.2 Å². The van der Waals surface area contributed by atoms with Crippen molar-refractivity contribution < 1.29 is 28.9 Å². The summed E-state index contributed by atoms with van der Waals surface area (Å²) in [6.07, 6.45) is 0.575. The van der Waals surface area contributed by atoms with Gasteiger partial charge in [-0.2, -0.15) is 0 Å². The number of hydrogen-bond acceptors (Lipinski definition) is 8. The number of nitrogens with zero attached hydrogens (tertiary/aromatic N) is 2. The minimum Gasteiger partial charge on any atom is -0.733 e. The first-order chi connectivity index (χ1) is 15.9. The first kappa shape index (κ1) is 22.6. The number of methoxy groups -OCH3 is 4. The Balaban J connectivity index is 1.75. The van der Waals surface area contributed by atoms with Crippen LogP contribution >= 0.6 is 0 Å². The number of rotatable bonds is 6. The Bertz CT molecular complexity index is 1180. The number of amides is 1. The number of ether oxygens (including phenoxy) is 4. The maximum absolute atomic E-state index is 13.5. The molecule has 0 aliphatic carbocycles. The largest absolute Gasteiger partial charge is 0.733 e. The molecule has 1 unspecified atom stereocenters. The van der Waals surface area contributed by atoms with Crippen molar-refractivity contribution in [3.63, 3.8) is 0 Å². The van der Waals surface area contributed by atoms with Crippen molar-refractivity contribution in [1.29, 1.82) is 0 Å². The average Bonchev–Trinajstić information content (AvgIpc) is 3.21. The van der Waals surface area contributed by atoms with Crippen molar-refractivity contribution in [2.24, 2.45) is 0 Å². The zero-order chi connectivity index (χ0) is 23.9. The van der Waals surface area contributed by atoms with E-state index in [4.69, 9.17) is 18.9 Å². The normalized spacial score (nSPS) is 15.2. The van der Waals surface area contributed by atoms with Crippen LogP contribution in [0.25, 0.3) is 10.9 Å². The number of aromatic nitrogens is 1. The van der Waals surface area contributed by atoms with Crippen LogP contribution in [0.15, 0.2) is 24.3 Å². The molecule has 10 heteroatoms. The second-order valence-corrected chi connectivity index (χ2v) is 7.67. The molecular formula is C23H26N3O7-. The summed E-state index contributed by atoms with van der Waals surface area (Å²) in [5.74, 6) is 1.25. The second-order valence-electron chi connectivity index (χ2n) is 7.67. The first-order valence-corrected chi connectivity index (χ1v) is 10.3. The van der Waals surface area contributed by atoms with E-state index in [1.54, 1.807) is 23.1 Å². The van der Waals surface area contributed by atoms with Gasteiger partial charge in [0.2, 0.25) is 5.75 Å². The predicted molar refractivity (Wildman–Crippen MR) is 122 cm³/mol. The SMILES string of the molecule is COc1cc(C(=O)N2CCc3c([nH]c4c(N([O-])O)c(OC)ccc34)C2C)cc(OC)c1OC. The number of benzene rings is 2. The molecule has 4 rings (SSSR count). The van der Waals surface area contributed by atoms with Gasteiger partial charge in [-0.15, -0.1) is 0 Å². The fourth-order valence-electron chi connectivity index (χ4n) is 4.52. The molecule has 0 fully saturated rings. The van der Waals surface area contributed by atoms with Crippen molar-refractivity contribution in [2.45, 2.75) is 19.4 Å². The van der Waals surface area contributed by atoms with Crippen molar-refractivity contribution in [2.75, 3.05) is 40.2 Å². The summed E-state index contributed by atoms with van der Waals surface area (Å²) in [5.41, 5.74) is 2.66. The van der Waals surface area contributed by atoms with E-state index in [1.165, 1.54) is 28.4 Å². The molecule has 2 heterocycles. The molecule has 10 nitrogen and oxygen atoms in total. The third kappa shape index (κ3) is 3.57. The lowest BCUT2D eigenvalue weighted by Crippen LogP contribution is -2.38. The number of nitrogens with one attached hydrogen (secondary N) is 1. The Kier molecular flexibility index (Phi) is 5.96. The standard InChI is InChI=1S/C23H26N3O7/c1-12-19-15(14-6-7-16(30-2)21(26(28)29)20(14)24-19)8-9-25(12)23(27)13-10-17(31-3)22(33-5)18(11-13)32-4/h6-7,10-12,24,28H,8-9H2,1-5H3/q-1. The number of H-pyrrole nitrogens is 1. The van der Waals surface area contributed by atoms with Crippen LogP contribution in [0, 0.1) is 5.21 Å². The zero-order valence-corrected chi connectivity index (χ0v) is 19.1. The average molecular weight is 456 g/mol. The molecule has 1 aromatic heterocycles. The fourth-order valence-corrected chi connectivity index (χ4v) is 4.52. The van der Waals surface area contributed by atoms with Gasteiger partial charge in [-0.1, -0.05) is 0 Å². The topological polar surface area (TPSA) is 120 Å². The molecule has 1 atom stereocenters. The van der Waals surface area contributed by atoms with E-state index >= 15 is 0 Å². The van der Waals surface area contributed by atoms with Gasteiger partial charge in [0.25, 0.3) is 5.91 Å². The number of fused-ring (bicyclic) bond motifs is 3. The minimum absolute atomic E-state index is 0.000830. The summed E-state index contributed by atoms with van der Waals surface area (Å²) in [6, 6.07) is 6.43. The highest BCUT2D eigenvalue weighted by Crippen LogP contribution is 2.43. The Morgan fingerprint density at radius 3 is 2.27 bits per heavy atom. The molecule has 2 aromatic carbocycles. The molecule has 0 bridgehead atoms. The lowest BCUT2D eigenvalue weighted by Gasteiger charge is -2.34. The van der Waals surface area contributed by atoms with Crippen LogP contribution in [-0.4, -0.2) is 56.0 Å². The lowest BCUT2D eigenvalue weighted by atomic mass is 9.97. The van der Waals surface area contributed by atoms with Crippen molar-refractivity contribution >= 4 is 22.5 Å². The Hall–Kier alpha value is -3.63. The van der Waals surface area contributed by atoms with E-state index in [2.05, 4.69) is 4.98 Å². The zero-order valence-electron chi connectivity index (χ0n) is 19.1. The number of anilines is 1. The molecule has 176 valence electrons. The Morgan fingerprint density at radius 1 is 1.09 bits per heavy atom. The summed E-state index contributed by atoms with van der Waals surface area (Å²) in [4.78, 5) is 18.5. The summed E-state index contributed by atoms with van der Waals surface area (Å²) in [7, 11) is 5.93. The maximum atomic E-state index is 13.5. The van der Waals surface area contributed by atoms with Crippen LogP contribution in [0.1, 0.15) is 34.6 Å². The Labute approximate surface area is 190 Å². The lowest BCUT2D eigenvalue weighted by molar-refractivity contribution is 0.0674. The molecule has 3 aromatic rings. The van der Waals surface area contributed by atoms with Crippen LogP contribution in [0.2, 0.25) is 0 Å². The third-order valence-corrected chi connectivity index (χ3v) is 6.12. The van der Waals surface area contributed by atoms with Crippen LogP contribution in [-0.2, 0) is 6.42 Å². The Morgan fingerprint density at radius 2 is 1.73 bits per heavy atom. The molecule has 2 N–H and O–H groups in total. The van der Waals surface area contributed by atoms with E-state index in [1.807, 2.05) is 13.0 Å². The third-order valence-electron chi connectivity index (χ3n) is 6.12. The van der Waals surface area contributed by atoms with Gasteiger partial charge in [0.15, 0.2) is 11.5 Å². The van der Waals surface area contributed by atoms with E-state index in [9.17, 15) is 15.2 Å². The monoisotopic (exact) mass is 456 g/mol. The fraction of sp³-hybridized carbons (Fsp3) is 0.348. The summed E-state index contributed by atoms with van der Waals surface area (Å²) in [6.45, 7) is 2.38. The van der Waals surface area contributed by atoms with E-state index in [0.717, 1.165) is 16.6 Å². The molecule has 33 heavy (non-hydrogen) atoms. The van der Waals surface area contributed by atoms with Crippen LogP contribution in [0.5, 0.6) is 23.0 Å². The molecule has 0 saturated carbocycles. The van der Waals surface area contributed by atoms with Crippen molar-refractivity contribution in [3.8, 4) is 23.0 Å². The highest BCUT2D eigenvalue weighted by Gasteiger charge is 2.32. The minimum atomic E-state index is -0.314. The molecule has 0 saturated heterocycles. The molecular weight excluding hydrogens is 430 g/mol. The summed E-state index contributed by atoms with van der Waals surface area (Å²) in [5, 5.41) is 22.1. The quantitative estimate of drug-likeness (QED) is 0.540. The molecule has 0 radical (unpaired) electrons. The van der Waals surface area contributed by atoms with Gasteiger partial charge in [0.1, 0.15) is 11.4 Å². The molecule has 0 spiro atoms. The maximum Gasteiger partial charge on any atom is 0.254 e. The smallest absolute Gasteiger partial charge is 0.254 e. The van der Waals surface area contributed by atoms with Gasteiger partial charge >= 0.3 is 0 Å². The van der Waals surface area contributed by atoms with E-state index < -0.39 is 0 Å². The number of carbonyl (C=O) groups is 1.